The van der Waals surface area contributed by atoms with Crippen LogP contribution in [0.2, 0.25) is 0 Å². The molecule has 0 aromatic carbocycles. The van der Waals surface area contributed by atoms with E-state index in [1.165, 1.54) is 19.3 Å². The van der Waals surface area contributed by atoms with Crippen LogP contribution in [0.5, 0.6) is 0 Å². The maximum Gasteiger partial charge on any atom is 0.331 e. The lowest BCUT2D eigenvalue weighted by Crippen LogP contribution is -2.37. The Morgan fingerprint density at radius 1 is 1.57 bits per heavy atom. The maximum atomic E-state index is 10.7. The molecule has 0 spiro atoms. The first kappa shape index (κ1) is 11.2. The van der Waals surface area contributed by atoms with Crippen LogP contribution in [-0.2, 0) is 4.79 Å². The number of carboxylic acids is 1. The maximum absolute atomic E-state index is 10.7. The van der Waals surface area contributed by atoms with Crippen LogP contribution < -0.4 is 0 Å². The van der Waals surface area contributed by atoms with Crippen molar-refractivity contribution in [2.45, 2.75) is 38.6 Å². The summed E-state index contributed by atoms with van der Waals surface area (Å²) in [7, 11) is 2.06. The van der Waals surface area contributed by atoms with E-state index in [4.69, 9.17) is 5.11 Å². The third-order valence-electron chi connectivity index (χ3n) is 2.98. The molecule has 1 saturated carbocycles. The van der Waals surface area contributed by atoms with Crippen LogP contribution in [-0.4, -0.2) is 35.6 Å². The van der Waals surface area contributed by atoms with Gasteiger partial charge in [0.1, 0.15) is 0 Å². The van der Waals surface area contributed by atoms with Gasteiger partial charge < -0.3 is 5.11 Å². The van der Waals surface area contributed by atoms with Gasteiger partial charge in [0.2, 0.25) is 0 Å². The number of rotatable bonds is 5. The van der Waals surface area contributed by atoms with Crippen molar-refractivity contribution in [2.75, 3.05) is 13.6 Å². The van der Waals surface area contributed by atoms with Crippen LogP contribution >= 0.6 is 0 Å². The van der Waals surface area contributed by atoms with E-state index in [0.29, 0.717) is 18.0 Å². The molecule has 0 aromatic heterocycles. The van der Waals surface area contributed by atoms with E-state index in [9.17, 15) is 4.79 Å². The molecule has 3 heteroatoms. The fourth-order valence-corrected chi connectivity index (χ4v) is 1.61. The molecule has 80 valence electrons. The number of carbonyl (C=O) groups is 1. The Hall–Kier alpha value is -0.830. The van der Waals surface area contributed by atoms with Crippen LogP contribution in [0.25, 0.3) is 0 Å². The summed E-state index contributed by atoms with van der Waals surface area (Å²) >= 11 is 0. The lowest BCUT2D eigenvalue weighted by Gasteiger charge is -2.34. The Balaban J connectivity index is 2.38. The van der Waals surface area contributed by atoms with Crippen molar-refractivity contribution < 1.29 is 9.90 Å². The fourth-order valence-electron chi connectivity index (χ4n) is 1.61. The number of hydrogen-bond acceptors (Lipinski definition) is 2. The molecule has 0 saturated heterocycles. The Labute approximate surface area is 85.4 Å². The zero-order valence-electron chi connectivity index (χ0n) is 8.99. The minimum absolute atomic E-state index is 0.524. The molecule has 1 fully saturated rings. The Bertz CT molecular complexity index is 231. The molecule has 0 amide bonds. The largest absolute Gasteiger partial charge is 0.478 e. The Morgan fingerprint density at radius 3 is 2.57 bits per heavy atom. The van der Waals surface area contributed by atoms with Gasteiger partial charge in [0.25, 0.3) is 0 Å². The lowest BCUT2D eigenvalue weighted by atomic mass is 9.92. The smallest absolute Gasteiger partial charge is 0.331 e. The quantitative estimate of drug-likeness (QED) is 0.684. The van der Waals surface area contributed by atoms with E-state index in [2.05, 4.69) is 11.9 Å². The van der Waals surface area contributed by atoms with E-state index >= 15 is 0 Å². The van der Waals surface area contributed by atoms with Crippen molar-refractivity contribution in [1.29, 1.82) is 0 Å². The highest BCUT2D eigenvalue weighted by Crippen LogP contribution is 2.23. The van der Waals surface area contributed by atoms with Gasteiger partial charge in [-0.25, -0.2) is 4.79 Å². The van der Waals surface area contributed by atoms with Gasteiger partial charge >= 0.3 is 5.97 Å². The highest BCUT2D eigenvalue weighted by Gasteiger charge is 2.21. The molecule has 3 nitrogen and oxygen atoms in total. The van der Waals surface area contributed by atoms with Gasteiger partial charge in [-0.2, -0.15) is 0 Å². The Kier molecular flexibility index (Phi) is 4.14. The van der Waals surface area contributed by atoms with Crippen molar-refractivity contribution in [3.63, 3.8) is 0 Å². The third kappa shape index (κ3) is 2.84. The zero-order chi connectivity index (χ0) is 10.6. The minimum Gasteiger partial charge on any atom is -0.478 e. The second-order valence-electron chi connectivity index (χ2n) is 3.91. The van der Waals surface area contributed by atoms with E-state index < -0.39 is 5.97 Å². The number of aliphatic carboxylic acids is 1. The van der Waals surface area contributed by atoms with Gasteiger partial charge in [-0.3, -0.25) is 4.90 Å². The lowest BCUT2D eigenvalue weighted by molar-refractivity contribution is -0.132. The minimum atomic E-state index is -0.783. The second-order valence-corrected chi connectivity index (χ2v) is 3.91. The zero-order valence-corrected chi connectivity index (χ0v) is 8.99. The van der Waals surface area contributed by atoms with Gasteiger partial charge in [0.05, 0.1) is 0 Å². The number of nitrogens with zero attached hydrogens (tertiary/aromatic N) is 1. The van der Waals surface area contributed by atoms with Gasteiger partial charge in [-0.1, -0.05) is 19.4 Å². The van der Waals surface area contributed by atoms with E-state index in [1.54, 1.807) is 0 Å². The normalized spacial score (nSPS) is 18.4. The summed E-state index contributed by atoms with van der Waals surface area (Å²) in [6.45, 7) is 2.64. The van der Waals surface area contributed by atoms with Crippen molar-refractivity contribution in [2.24, 2.45) is 0 Å². The highest BCUT2D eigenvalue weighted by atomic mass is 16.4. The standard InChI is InChI=1S/C11H19NO2/c1-3-9(11(13)14)7-8-12(2)10-5-4-6-10/h7,10H,3-6,8H2,1-2H3,(H,13,14). The number of hydrogen-bond donors (Lipinski definition) is 1. The average molecular weight is 197 g/mol. The SMILES string of the molecule is CCC(=CCN(C)C1CCC1)C(=O)O. The molecule has 0 bridgehead atoms. The average Bonchev–Trinajstić information content (AvgIpc) is 2.01. The fraction of sp³-hybridized carbons (Fsp3) is 0.727. The molecule has 0 aromatic rings. The predicted octanol–water partition coefficient (Wildman–Crippen LogP) is 1.89. The molecule has 0 unspecified atom stereocenters. The van der Waals surface area contributed by atoms with Gasteiger partial charge in [-0.15, -0.1) is 0 Å². The molecule has 1 rings (SSSR count). The predicted molar refractivity (Wildman–Crippen MR) is 56.3 cm³/mol. The first-order valence-electron chi connectivity index (χ1n) is 5.27. The summed E-state index contributed by atoms with van der Waals surface area (Å²) in [4.78, 5) is 12.9. The molecule has 0 atom stereocenters. The summed E-state index contributed by atoms with van der Waals surface area (Å²) < 4.78 is 0. The molecular formula is C11H19NO2. The summed E-state index contributed by atoms with van der Waals surface area (Å²) in [6, 6.07) is 0.679. The molecular weight excluding hydrogens is 178 g/mol. The molecule has 0 radical (unpaired) electrons. The topological polar surface area (TPSA) is 40.5 Å². The van der Waals surface area contributed by atoms with Crippen molar-refractivity contribution in [1.82, 2.24) is 4.90 Å². The first-order valence-corrected chi connectivity index (χ1v) is 5.27. The molecule has 14 heavy (non-hydrogen) atoms. The summed E-state index contributed by atoms with van der Waals surface area (Å²) in [5.41, 5.74) is 0.524. The van der Waals surface area contributed by atoms with Crippen molar-refractivity contribution >= 4 is 5.97 Å². The summed E-state index contributed by atoms with van der Waals surface area (Å²) in [6.07, 6.45) is 6.28. The van der Waals surface area contributed by atoms with Crippen molar-refractivity contribution in [3.05, 3.63) is 11.6 Å². The highest BCUT2D eigenvalue weighted by molar-refractivity contribution is 5.86. The first-order chi connectivity index (χ1) is 6.65. The van der Waals surface area contributed by atoms with Crippen LogP contribution in [0, 0.1) is 0 Å². The van der Waals surface area contributed by atoms with Gasteiger partial charge in [0.15, 0.2) is 0 Å². The van der Waals surface area contributed by atoms with E-state index in [0.717, 1.165) is 6.54 Å². The van der Waals surface area contributed by atoms with E-state index in [-0.39, 0.29) is 0 Å². The van der Waals surface area contributed by atoms with Crippen LogP contribution in [0.4, 0.5) is 0 Å². The molecule has 0 heterocycles. The third-order valence-corrected chi connectivity index (χ3v) is 2.98. The van der Waals surface area contributed by atoms with Crippen LogP contribution in [0.1, 0.15) is 32.6 Å². The number of likely N-dealkylation sites (N-methyl/N-ethyl adjacent to an activating group) is 1. The Morgan fingerprint density at radius 2 is 2.21 bits per heavy atom. The van der Waals surface area contributed by atoms with E-state index in [1.807, 2.05) is 13.0 Å². The second kappa shape index (κ2) is 5.15. The summed E-state index contributed by atoms with van der Waals surface area (Å²) in [5, 5.41) is 8.81. The van der Waals surface area contributed by atoms with Crippen molar-refractivity contribution in [3.8, 4) is 0 Å². The van der Waals surface area contributed by atoms with Crippen LogP contribution in [0.3, 0.4) is 0 Å². The van der Waals surface area contributed by atoms with Gasteiger partial charge in [-0.05, 0) is 26.3 Å². The van der Waals surface area contributed by atoms with Gasteiger partial charge in [0, 0.05) is 18.2 Å². The number of carboxylic acid groups (broad SMARTS) is 1. The molecule has 1 aliphatic rings. The molecule has 0 aliphatic heterocycles. The molecule has 1 aliphatic carbocycles. The molecule has 1 N–H and O–H groups in total. The van der Waals surface area contributed by atoms with Crippen LogP contribution in [0.15, 0.2) is 11.6 Å². The monoisotopic (exact) mass is 197 g/mol. The summed E-state index contributed by atoms with van der Waals surface area (Å²) in [5.74, 6) is -0.783.